The molecule has 0 saturated heterocycles. The molecular formula is C17H18N2O2. The molecule has 108 valence electrons. The van der Waals surface area contributed by atoms with Crippen LogP contribution in [0.1, 0.15) is 24.1 Å². The lowest BCUT2D eigenvalue weighted by atomic mass is 10.1. The van der Waals surface area contributed by atoms with Gasteiger partial charge in [0.2, 0.25) is 0 Å². The molecule has 0 amide bonds. The van der Waals surface area contributed by atoms with E-state index < -0.39 is 0 Å². The molecular weight excluding hydrogens is 264 g/mol. The Morgan fingerprint density at radius 1 is 1.10 bits per heavy atom. The molecule has 4 heteroatoms. The highest BCUT2D eigenvalue weighted by molar-refractivity contribution is 5.52. The molecule has 2 aromatic carbocycles. The summed E-state index contributed by atoms with van der Waals surface area (Å²) in [5, 5.41) is 12.3. The van der Waals surface area contributed by atoms with Gasteiger partial charge in [0.05, 0.1) is 31.9 Å². The predicted octanol–water partition coefficient (Wildman–Crippen LogP) is 3.75. The first-order valence-electron chi connectivity index (χ1n) is 6.66. The molecule has 21 heavy (non-hydrogen) atoms. The largest absolute Gasteiger partial charge is 0.497 e. The monoisotopic (exact) mass is 282 g/mol. The van der Waals surface area contributed by atoms with E-state index in [2.05, 4.69) is 11.4 Å². The summed E-state index contributed by atoms with van der Waals surface area (Å²) >= 11 is 0. The van der Waals surface area contributed by atoms with Crippen LogP contribution in [0, 0.1) is 11.3 Å². The third-order valence-corrected chi connectivity index (χ3v) is 3.28. The minimum atomic E-state index is 0.0176. The molecule has 0 aromatic heterocycles. The number of rotatable bonds is 5. The molecule has 0 heterocycles. The standard InChI is InChI=1S/C17H18N2O2/c1-12(19-14-6-4-5-13(9-14)11-18)16-10-15(20-2)7-8-17(16)21-3/h4-10,12,19H,1-3H3. The highest BCUT2D eigenvalue weighted by atomic mass is 16.5. The zero-order chi connectivity index (χ0) is 15.2. The summed E-state index contributed by atoms with van der Waals surface area (Å²) in [6.07, 6.45) is 0. The van der Waals surface area contributed by atoms with E-state index in [1.807, 2.05) is 43.3 Å². The summed E-state index contributed by atoms with van der Waals surface area (Å²) in [7, 11) is 3.29. The number of hydrogen-bond acceptors (Lipinski definition) is 4. The second-order valence-corrected chi connectivity index (χ2v) is 4.67. The lowest BCUT2D eigenvalue weighted by Crippen LogP contribution is -2.08. The van der Waals surface area contributed by atoms with Crippen LogP contribution in [-0.4, -0.2) is 14.2 Å². The van der Waals surface area contributed by atoms with Gasteiger partial charge in [-0.15, -0.1) is 0 Å². The van der Waals surface area contributed by atoms with Crippen LogP contribution in [0.3, 0.4) is 0 Å². The van der Waals surface area contributed by atoms with Crippen molar-refractivity contribution < 1.29 is 9.47 Å². The summed E-state index contributed by atoms with van der Waals surface area (Å²) in [6.45, 7) is 2.04. The fourth-order valence-electron chi connectivity index (χ4n) is 2.18. The molecule has 0 aliphatic rings. The summed E-state index contributed by atoms with van der Waals surface area (Å²) in [5.74, 6) is 1.58. The molecule has 0 aliphatic heterocycles. The predicted molar refractivity (Wildman–Crippen MR) is 82.7 cm³/mol. The lowest BCUT2D eigenvalue weighted by molar-refractivity contribution is 0.397. The average Bonchev–Trinajstić information content (AvgIpc) is 2.54. The Hall–Kier alpha value is -2.67. The maximum Gasteiger partial charge on any atom is 0.124 e. The van der Waals surface area contributed by atoms with Crippen molar-refractivity contribution in [1.29, 1.82) is 5.26 Å². The highest BCUT2D eigenvalue weighted by Crippen LogP contribution is 2.31. The number of benzene rings is 2. The maximum atomic E-state index is 8.95. The molecule has 4 nitrogen and oxygen atoms in total. The Labute approximate surface area is 124 Å². The zero-order valence-electron chi connectivity index (χ0n) is 12.4. The van der Waals surface area contributed by atoms with E-state index in [0.29, 0.717) is 5.56 Å². The Morgan fingerprint density at radius 2 is 1.90 bits per heavy atom. The van der Waals surface area contributed by atoms with Crippen molar-refractivity contribution in [3.8, 4) is 17.6 Å². The number of nitrogens with zero attached hydrogens (tertiary/aromatic N) is 1. The van der Waals surface area contributed by atoms with Crippen molar-refractivity contribution in [3.63, 3.8) is 0 Å². The average molecular weight is 282 g/mol. The van der Waals surface area contributed by atoms with Gasteiger partial charge in [-0.1, -0.05) is 6.07 Å². The first-order chi connectivity index (χ1) is 10.2. The van der Waals surface area contributed by atoms with E-state index in [0.717, 1.165) is 22.7 Å². The Balaban J connectivity index is 2.27. The quantitative estimate of drug-likeness (QED) is 0.907. The van der Waals surface area contributed by atoms with Crippen molar-refractivity contribution in [2.24, 2.45) is 0 Å². The SMILES string of the molecule is COc1ccc(OC)c(C(C)Nc2cccc(C#N)c2)c1. The van der Waals surface area contributed by atoms with E-state index >= 15 is 0 Å². The smallest absolute Gasteiger partial charge is 0.124 e. The number of hydrogen-bond donors (Lipinski definition) is 1. The Kier molecular flexibility index (Phi) is 4.68. The van der Waals surface area contributed by atoms with Crippen molar-refractivity contribution in [2.45, 2.75) is 13.0 Å². The summed E-state index contributed by atoms with van der Waals surface area (Å²) in [6, 6.07) is 15.3. The van der Waals surface area contributed by atoms with Crippen LogP contribution >= 0.6 is 0 Å². The number of methoxy groups -OCH3 is 2. The van der Waals surface area contributed by atoms with Crippen LogP contribution in [0.25, 0.3) is 0 Å². The van der Waals surface area contributed by atoms with Crippen LogP contribution in [-0.2, 0) is 0 Å². The molecule has 0 fully saturated rings. The van der Waals surface area contributed by atoms with Gasteiger partial charge in [0.15, 0.2) is 0 Å². The van der Waals surface area contributed by atoms with Gasteiger partial charge in [0.1, 0.15) is 11.5 Å². The Morgan fingerprint density at radius 3 is 2.57 bits per heavy atom. The van der Waals surface area contributed by atoms with Gasteiger partial charge in [0.25, 0.3) is 0 Å². The minimum Gasteiger partial charge on any atom is -0.497 e. The van der Waals surface area contributed by atoms with Crippen LogP contribution in [0.15, 0.2) is 42.5 Å². The fourth-order valence-corrected chi connectivity index (χ4v) is 2.18. The molecule has 0 radical (unpaired) electrons. The summed E-state index contributed by atoms with van der Waals surface area (Å²) in [5.41, 5.74) is 2.52. The first kappa shape index (κ1) is 14.7. The minimum absolute atomic E-state index is 0.0176. The van der Waals surface area contributed by atoms with Gasteiger partial charge in [-0.3, -0.25) is 0 Å². The van der Waals surface area contributed by atoms with E-state index in [1.54, 1.807) is 20.3 Å². The number of anilines is 1. The van der Waals surface area contributed by atoms with Crippen LogP contribution in [0.5, 0.6) is 11.5 Å². The second kappa shape index (κ2) is 6.67. The summed E-state index contributed by atoms with van der Waals surface area (Å²) < 4.78 is 10.7. The number of nitriles is 1. The van der Waals surface area contributed by atoms with E-state index in [-0.39, 0.29) is 6.04 Å². The van der Waals surface area contributed by atoms with Gasteiger partial charge < -0.3 is 14.8 Å². The molecule has 2 rings (SSSR count). The third kappa shape index (κ3) is 3.46. The van der Waals surface area contributed by atoms with Crippen molar-refractivity contribution in [2.75, 3.05) is 19.5 Å². The van der Waals surface area contributed by atoms with Crippen molar-refractivity contribution >= 4 is 5.69 Å². The first-order valence-corrected chi connectivity index (χ1v) is 6.66. The van der Waals surface area contributed by atoms with Gasteiger partial charge in [-0.2, -0.15) is 5.26 Å². The third-order valence-electron chi connectivity index (χ3n) is 3.28. The molecule has 1 unspecified atom stereocenters. The van der Waals surface area contributed by atoms with Crippen LogP contribution < -0.4 is 14.8 Å². The molecule has 1 atom stereocenters. The van der Waals surface area contributed by atoms with Gasteiger partial charge in [-0.05, 0) is 43.3 Å². The number of nitrogens with one attached hydrogen (secondary N) is 1. The number of ether oxygens (including phenoxy) is 2. The van der Waals surface area contributed by atoms with Crippen LogP contribution in [0.2, 0.25) is 0 Å². The Bertz CT molecular complexity index is 662. The van der Waals surface area contributed by atoms with E-state index in [4.69, 9.17) is 14.7 Å². The van der Waals surface area contributed by atoms with Crippen LogP contribution in [0.4, 0.5) is 5.69 Å². The lowest BCUT2D eigenvalue weighted by Gasteiger charge is -2.19. The van der Waals surface area contributed by atoms with E-state index in [9.17, 15) is 0 Å². The van der Waals surface area contributed by atoms with Gasteiger partial charge in [0, 0.05) is 11.3 Å². The zero-order valence-corrected chi connectivity index (χ0v) is 12.4. The summed E-state index contributed by atoms with van der Waals surface area (Å²) in [4.78, 5) is 0. The second-order valence-electron chi connectivity index (χ2n) is 4.67. The van der Waals surface area contributed by atoms with Gasteiger partial charge >= 0.3 is 0 Å². The molecule has 2 aromatic rings. The molecule has 0 bridgehead atoms. The topological polar surface area (TPSA) is 54.3 Å². The maximum absolute atomic E-state index is 8.95. The van der Waals surface area contributed by atoms with Gasteiger partial charge in [-0.25, -0.2) is 0 Å². The fraction of sp³-hybridized carbons (Fsp3) is 0.235. The van der Waals surface area contributed by atoms with Crippen molar-refractivity contribution in [1.82, 2.24) is 0 Å². The molecule has 0 aliphatic carbocycles. The van der Waals surface area contributed by atoms with Crippen molar-refractivity contribution in [3.05, 3.63) is 53.6 Å². The van der Waals surface area contributed by atoms with E-state index in [1.165, 1.54) is 0 Å². The highest BCUT2D eigenvalue weighted by Gasteiger charge is 2.13. The molecule has 0 spiro atoms. The molecule has 0 saturated carbocycles. The normalized spacial score (nSPS) is 11.3. The molecule has 1 N–H and O–H groups in total.